The van der Waals surface area contributed by atoms with Gasteiger partial charge < -0.3 is 15.1 Å². The van der Waals surface area contributed by atoms with Crippen molar-refractivity contribution < 1.29 is 0 Å². The van der Waals surface area contributed by atoms with Crippen LogP contribution in [0.25, 0.3) is 0 Å². The van der Waals surface area contributed by atoms with Crippen molar-refractivity contribution >= 4 is 17.1 Å². The van der Waals surface area contributed by atoms with Gasteiger partial charge in [-0.1, -0.05) is 37.5 Å². The molecule has 2 aromatic carbocycles. The van der Waals surface area contributed by atoms with E-state index in [9.17, 15) is 9.59 Å². The molecule has 1 aliphatic heterocycles. The molecule has 4 rings (SSSR count). The van der Waals surface area contributed by atoms with E-state index < -0.39 is 0 Å². The van der Waals surface area contributed by atoms with Gasteiger partial charge >= 0.3 is 0 Å². The minimum atomic E-state index is -0.328. The largest absolute Gasteiger partial charge is 0.377 e. The first-order valence-electron chi connectivity index (χ1n) is 9.39. The predicted octanol–water partition coefficient (Wildman–Crippen LogP) is 2.35. The standard InChI is InChI=1S/C20H25N3O2/c24-19-17(21-15-7-3-1-4-8-15)18(20(19)25)23-13-11-22(12-14-23)16-9-5-2-6-10-16/h2,5-6,9-10,15,21H,1,3-4,7-8,11-14H2. The fourth-order valence-corrected chi connectivity index (χ4v) is 4.09. The number of piperazine rings is 1. The van der Waals surface area contributed by atoms with E-state index in [4.69, 9.17) is 0 Å². The number of benzene rings is 1. The molecule has 2 fully saturated rings. The minimum absolute atomic E-state index is 0.313. The van der Waals surface area contributed by atoms with Crippen molar-refractivity contribution in [3.8, 4) is 0 Å². The average Bonchev–Trinajstić information content (AvgIpc) is 2.69. The lowest BCUT2D eigenvalue weighted by molar-refractivity contribution is 0.462. The molecule has 2 aliphatic rings. The Kier molecular flexibility index (Phi) is 4.47. The molecule has 1 N–H and O–H groups in total. The molecule has 2 aromatic rings. The van der Waals surface area contributed by atoms with Crippen LogP contribution in [0.1, 0.15) is 32.1 Å². The highest BCUT2D eigenvalue weighted by Crippen LogP contribution is 2.27. The maximum Gasteiger partial charge on any atom is 0.253 e. The van der Waals surface area contributed by atoms with Crippen molar-refractivity contribution in [1.29, 1.82) is 0 Å². The molecule has 1 heterocycles. The molecule has 0 radical (unpaired) electrons. The van der Waals surface area contributed by atoms with Crippen LogP contribution >= 0.6 is 0 Å². The van der Waals surface area contributed by atoms with E-state index in [1.54, 1.807) is 0 Å². The monoisotopic (exact) mass is 339 g/mol. The number of hydrogen-bond acceptors (Lipinski definition) is 5. The first kappa shape index (κ1) is 16.2. The Labute approximate surface area is 147 Å². The van der Waals surface area contributed by atoms with E-state index in [0.717, 1.165) is 39.0 Å². The average molecular weight is 339 g/mol. The van der Waals surface area contributed by atoms with E-state index in [1.165, 1.54) is 24.9 Å². The fourth-order valence-electron chi connectivity index (χ4n) is 4.09. The number of anilines is 3. The van der Waals surface area contributed by atoms with E-state index in [1.807, 2.05) is 18.2 Å². The Morgan fingerprint density at radius 3 is 2.12 bits per heavy atom. The van der Waals surface area contributed by atoms with Gasteiger partial charge in [-0.05, 0) is 25.0 Å². The highest BCUT2D eigenvalue weighted by molar-refractivity contribution is 5.76. The summed E-state index contributed by atoms with van der Waals surface area (Å²) in [7, 11) is 0. The highest BCUT2D eigenvalue weighted by atomic mass is 16.2. The van der Waals surface area contributed by atoms with Crippen LogP contribution in [-0.4, -0.2) is 32.2 Å². The van der Waals surface area contributed by atoms with Gasteiger partial charge in [0.15, 0.2) is 0 Å². The second-order valence-electron chi connectivity index (χ2n) is 7.17. The summed E-state index contributed by atoms with van der Waals surface area (Å²) in [6.07, 6.45) is 5.88. The van der Waals surface area contributed by atoms with Crippen molar-refractivity contribution in [2.45, 2.75) is 38.1 Å². The second-order valence-corrected chi connectivity index (χ2v) is 7.17. The first-order valence-corrected chi connectivity index (χ1v) is 9.39. The molecule has 132 valence electrons. The number of rotatable bonds is 4. The van der Waals surface area contributed by atoms with Gasteiger partial charge in [0.25, 0.3) is 10.9 Å². The van der Waals surface area contributed by atoms with Gasteiger partial charge in [-0.15, -0.1) is 0 Å². The molecule has 0 amide bonds. The van der Waals surface area contributed by atoms with Gasteiger partial charge in [0.05, 0.1) is 0 Å². The third-order valence-electron chi connectivity index (χ3n) is 5.56. The molecule has 0 unspecified atom stereocenters. The number of para-hydroxylation sites is 1. The van der Waals surface area contributed by atoms with Crippen LogP contribution in [0.5, 0.6) is 0 Å². The Balaban J connectivity index is 1.44. The van der Waals surface area contributed by atoms with Gasteiger partial charge in [-0.25, -0.2) is 0 Å². The predicted molar refractivity (Wildman–Crippen MR) is 103 cm³/mol. The van der Waals surface area contributed by atoms with Crippen LogP contribution in [0.3, 0.4) is 0 Å². The quantitative estimate of drug-likeness (QED) is 0.867. The van der Waals surface area contributed by atoms with Gasteiger partial charge in [-0.3, -0.25) is 9.59 Å². The molecule has 25 heavy (non-hydrogen) atoms. The molecule has 1 saturated carbocycles. The summed E-state index contributed by atoms with van der Waals surface area (Å²) in [5.74, 6) is 0. The van der Waals surface area contributed by atoms with Crippen LogP contribution in [0, 0.1) is 0 Å². The van der Waals surface area contributed by atoms with Crippen LogP contribution in [0.4, 0.5) is 17.1 Å². The van der Waals surface area contributed by atoms with Gasteiger partial charge in [0.2, 0.25) is 0 Å². The third-order valence-corrected chi connectivity index (χ3v) is 5.56. The second kappa shape index (κ2) is 6.90. The van der Waals surface area contributed by atoms with Crippen molar-refractivity contribution in [2.24, 2.45) is 0 Å². The lowest BCUT2D eigenvalue weighted by Crippen LogP contribution is -2.52. The number of hydrogen-bond donors (Lipinski definition) is 1. The lowest BCUT2D eigenvalue weighted by Gasteiger charge is -2.38. The number of nitrogens with zero attached hydrogens (tertiary/aromatic N) is 2. The molecule has 0 aromatic heterocycles. The van der Waals surface area contributed by atoms with Crippen LogP contribution in [0.2, 0.25) is 0 Å². The molecule has 1 aliphatic carbocycles. The molecule has 0 spiro atoms. The first-order chi connectivity index (χ1) is 12.2. The van der Waals surface area contributed by atoms with Crippen molar-refractivity contribution in [3.63, 3.8) is 0 Å². The Morgan fingerprint density at radius 1 is 0.800 bits per heavy atom. The summed E-state index contributed by atoms with van der Waals surface area (Å²) in [6.45, 7) is 3.29. The normalized spacial score (nSPS) is 19.4. The zero-order valence-electron chi connectivity index (χ0n) is 14.5. The summed E-state index contributed by atoms with van der Waals surface area (Å²) in [6, 6.07) is 10.7. The Bertz CT molecular complexity index is 781. The summed E-state index contributed by atoms with van der Waals surface area (Å²) in [5.41, 5.74) is 1.78. The molecular weight excluding hydrogens is 314 g/mol. The van der Waals surface area contributed by atoms with Gasteiger partial charge in [0, 0.05) is 37.9 Å². The summed E-state index contributed by atoms with van der Waals surface area (Å²) in [4.78, 5) is 28.7. The lowest BCUT2D eigenvalue weighted by atomic mass is 9.95. The van der Waals surface area contributed by atoms with E-state index >= 15 is 0 Å². The molecule has 5 nitrogen and oxygen atoms in total. The zero-order valence-corrected chi connectivity index (χ0v) is 14.5. The van der Waals surface area contributed by atoms with Crippen molar-refractivity contribution in [2.75, 3.05) is 41.3 Å². The van der Waals surface area contributed by atoms with Crippen LogP contribution < -0.4 is 26.0 Å². The van der Waals surface area contributed by atoms with Crippen molar-refractivity contribution in [1.82, 2.24) is 0 Å². The van der Waals surface area contributed by atoms with Crippen LogP contribution in [0.15, 0.2) is 39.9 Å². The molecular formula is C20H25N3O2. The molecule has 0 atom stereocenters. The highest BCUT2D eigenvalue weighted by Gasteiger charge is 2.30. The Morgan fingerprint density at radius 2 is 1.44 bits per heavy atom. The van der Waals surface area contributed by atoms with Gasteiger partial charge in [-0.2, -0.15) is 0 Å². The molecule has 5 heteroatoms. The molecule has 1 saturated heterocycles. The SMILES string of the molecule is O=c1c(NC2CCCCC2)c(N2CCN(c3ccccc3)CC2)c1=O. The summed E-state index contributed by atoms with van der Waals surface area (Å²) < 4.78 is 0. The number of nitrogens with one attached hydrogen (secondary N) is 1. The van der Waals surface area contributed by atoms with E-state index in [-0.39, 0.29) is 10.9 Å². The maximum atomic E-state index is 12.2. The fraction of sp³-hybridized carbons (Fsp3) is 0.500. The third kappa shape index (κ3) is 3.15. The smallest absolute Gasteiger partial charge is 0.253 e. The van der Waals surface area contributed by atoms with Gasteiger partial charge in [0.1, 0.15) is 11.4 Å². The summed E-state index contributed by atoms with van der Waals surface area (Å²) in [5, 5.41) is 3.38. The molecule has 0 bridgehead atoms. The Hall–Kier alpha value is -2.30. The zero-order chi connectivity index (χ0) is 17.2. The van der Waals surface area contributed by atoms with E-state index in [0.29, 0.717) is 17.4 Å². The van der Waals surface area contributed by atoms with Crippen LogP contribution in [-0.2, 0) is 0 Å². The minimum Gasteiger partial charge on any atom is -0.377 e. The maximum absolute atomic E-state index is 12.2. The topological polar surface area (TPSA) is 52.7 Å². The summed E-state index contributed by atoms with van der Waals surface area (Å²) >= 11 is 0. The van der Waals surface area contributed by atoms with E-state index in [2.05, 4.69) is 27.2 Å². The van der Waals surface area contributed by atoms with Crippen molar-refractivity contribution in [3.05, 3.63) is 50.8 Å².